The van der Waals surface area contributed by atoms with E-state index in [-0.39, 0.29) is 6.10 Å². The summed E-state index contributed by atoms with van der Waals surface area (Å²) in [6.45, 7) is 5.20. The molecule has 15 heavy (non-hydrogen) atoms. The molecule has 2 heteroatoms. The molecule has 1 aromatic carbocycles. The summed E-state index contributed by atoms with van der Waals surface area (Å²) in [6.07, 6.45) is 0.461. The molecule has 0 aliphatic heterocycles. The van der Waals surface area contributed by atoms with Crippen molar-refractivity contribution in [3.8, 4) is 0 Å². The normalized spacial score (nSPS) is 13.1. The van der Waals surface area contributed by atoms with Gasteiger partial charge in [-0.1, -0.05) is 44.2 Å². The first-order valence-electron chi connectivity index (χ1n) is 5.48. The van der Waals surface area contributed by atoms with Crippen LogP contribution in [0.2, 0.25) is 0 Å². The summed E-state index contributed by atoms with van der Waals surface area (Å²) < 4.78 is 5.43. The quantitative estimate of drug-likeness (QED) is 0.778. The van der Waals surface area contributed by atoms with Crippen LogP contribution >= 0.6 is 0 Å². The van der Waals surface area contributed by atoms with Gasteiger partial charge in [0.05, 0.1) is 19.3 Å². The highest BCUT2D eigenvalue weighted by molar-refractivity contribution is 5.13. The molecule has 0 bridgehead atoms. The fraction of sp³-hybridized carbons (Fsp3) is 0.538. The zero-order valence-corrected chi connectivity index (χ0v) is 9.52. The zero-order chi connectivity index (χ0) is 11.1. The minimum atomic E-state index is -0.339. The Morgan fingerprint density at radius 1 is 1.20 bits per heavy atom. The van der Waals surface area contributed by atoms with Gasteiger partial charge in [0.2, 0.25) is 0 Å². The Labute approximate surface area is 91.9 Å². The second-order valence-corrected chi connectivity index (χ2v) is 4.28. The van der Waals surface area contributed by atoms with Crippen LogP contribution in [0.1, 0.15) is 25.8 Å². The van der Waals surface area contributed by atoms with Crippen molar-refractivity contribution in [2.75, 3.05) is 6.61 Å². The van der Waals surface area contributed by atoms with Crippen molar-refractivity contribution in [1.82, 2.24) is 0 Å². The summed E-state index contributed by atoms with van der Waals surface area (Å²) in [4.78, 5) is 0. The smallest absolute Gasteiger partial charge is 0.0776 e. The zero-order valence-electron chi connectivity index (χ0n) is 9.52. The van der Waals surface area contributed by atoms with Gasteiger partial charge in [-0.2, -0.15) is 0 Å². The van der Waals surface area contributed by atoms with Gasteiger partial charge >= 0.3 is 0 Å². The largest absolute Gasteiger partial charge is 0.391 e. The molecule has 0 aliphatic rings. The maximum Gasteiger partial charge on any atom is 0.0776 e. The van der Waals surface area contributed by atoms with Crippen molar-refractivity contribution in [1.29, 1.82) is 0 Å². The minimum Gasteiger partial charge on any atom is -0.391 e. The summed E-state index contributed by atoms with van der Waals surface area (Å²) in [5.74, 6) is 0.514. The second-order valence-electron chi connectivity index (χ2n) is 4.28. The Balaban J connectivity index is 2.16. The lowest BCUT2D eigenvalue weighted by molar-refractivity contribution is 0.0188. The maximum absolute atomic E-state index is 9.57. The van der Waals surface area contributed by atoms with Crippen molar-refractivity contribution in [3.05, 3.63) is 35.9 Å². The molecular weight excluding hydrogens is 188 g/mol. The topological polar surface area (TPSA) is 29.5 Å². The fourth-order valence-corrected chi connectivity index (χ4v) is 1.50. The van der Waals surface area contributed by atoms with Crippen LogP contribution in [0, 0.1) is 5.92 Å². The molecule has 0 radical (unpaired) electrons. The highest BCUT2D eigenvalue weighted by atomic mass is 16.5. The van der Waals surface area contributed by atoms with Crippen LogP contribution in [-0.2, 0) is 11.3 Å². The Kier molecular flexibility index (Phi) is 5.37. The number of aliphatic hydroxyl groups excluding tert-OH is 1. The third-order valence-corrected chi connectivity index (χ3v) is 2.17. The van der Waals surface area contributed by atoms with E-state index in [0.29, 0.717) is 19.1 Å². The first-order valence-corrected chi connectivity index (χ1v) is 5.48. The molecule has 0 saturated heterocycles. The number of rotatable bonds is 6. The van der Waals surface area contributed by atoms with Crippen LogP contribution < -0.4 is 0 Å². The molecule has 0 saturated carbocycles. The van der Waals surface area contributed by atoms with Crippen LogP contribution in [0.3, 0.4) is 0 Å². The Hall–Kier alpha value is -0.860. The van der Waals surface area contributed by atoms with Crippen LogP contribution in [0.4, 0.5) is 0 Å². The summed E-state index contributed by atoms with van der Waals surface area (Å²) in [7, 11) is 0. The number of aliphatic hydroxyl groups is 1. The van der Waals surface area contributed by atoms with Gasteiger partial charge < -0.3 is 9.84 Å². The van der Waals surface area contributed by atoms with Crippen molar-refractivity contribution in [2.45, 2.75) is 33.0 Å². The van der Waals surface area contributed by atoms with Gasteiger partial charge in [-0.25, -0.2) is 0 Å². The van der Waals surface area contributed by atoms with Crippen molar-refractivity contribution >= 4 is 0 Å². The van der Waals surface area contributed by atoms with Gasteiger partial charge in [-0.15, -0.1) is 0 Å². The van der Waals surface area contributed by atoms with Crippen LogP contribution in [0.5, 0.6) is 0 Å². The molecule has 1 aromatic rings. The lowest BCUT2D eigenvalue weighted by Gasteiger charge is -2.13. The van der Waals surface area contributed by atoms with Gasteiger partial charge in [0.25, 0.3) is 0 Å². The minimum absolute atomic E-state index is 0.339. The lowest BCUT2D eigenvalue weighted by atomic mass is 10.1. The van der Waals surface area contributed by atoms with Gasteiger partial charge in [0, 0.05) is 0 Å². The molecule has 0 fully saturated rings. The van der Waals surface area contributed by atoms with E-state index < -0.39 is 0 Å². The molecule has 1 atom stereocenters. The highest BCUT2D eigenvalue weighted by Crippen LogP contribution is 2.06. The van der Waals surface area contributed by atoms with Crippen molar-refractivity contribution in [3.63, 3.8) is 0 Å². The molecule has 1 N–H and O–H groups in total. The average Bonchev–Trinajstić information content (AvgIpc) is 2.18. The Bertz CT molecular complexity index is 256. The van der Waals surface area contributed by atoms with Gasteiger partial charge in [-0.05, 0) is 17.9 Å². The Morgan fingerprint density at radius 3 is 2.47 bits per heavy atom. The summed E-state index contributed by atoms with van der Waals surface area (Å²) >= 11 is 0. The van der Waals surface area contributed by atoms with Crippen LogP contribution in [0.15, 0.2) is 30.3 Å². The predicted molar refractivity (Wildman–Crippen MR) is 61.6 cm³/mol. The molecular formula is C13H20O2. The second kappa shape index (κ2) is 6.59. The maximum atomic E-state index is 9.57. The van der Waals surface area contributed by atoms with Gasteiger partial charge in [-0.3, -0.25) is 0 Å². The SMILES string of the molecule is CC(C)CC(O)COCc1ccccc1. The first-order chi connectivity index (χ1) is 7.18. The van der Waals surface area contributed by atoms with E-state index in [9.17, 15) is 5.11 Å². The molecule has 1 rings (SSSR count). The summed E-state index contributed by atoms with van der Waals surface area (Å²) in [6, 6.07) is 10.0. The first kappa shape index (κ1) is 12.2. The average molecular weight is 208 g/mol. The fourth-order valence-electron chi connectivity index (χ4n) is 1.50. The number of hydrogen-bond donors (Lipinski definition) is 1. The van der Waals surface area contributed by atoms with E-state index in [0.717, 1.165) is 12.0 Å². The van der Waals surface area contributed by atoms with Crippen molar-refractivity contribution in [2.24, 2.45) is 5.92 Å². The van der Waals surface area contributed by atoms with E-state index in [1.807, 2.05) is 30.3 Å². The molecule has 84 valence electrons. The molecule has 0 aliphatic carbocycles. The van der Waals surface area contributed by atoms with E-state index >= 15 is 0 Å². The molecule has 0 heterocycles. The number of benzene rings is 1. The van der Waals surface area contributed by atoms with Crippen molar-refractivity contribution < 1.29 is 9.84 Å². The number of hydrogen-bond acceptors (Lipinski definition) is 2. The highest BCUT2D eigenvalue weighted by Gasteiger charge is 2.06. The van der Waals surface area contributed by atoms with Crippen LogP contribution in [0.25, 0.3) is 0 Å². The monoisotopic (exact) mass is 208 g/mol. The molecule has 2 nitrogen and oxygen atoms in total. The van der Waals surface area contributed by atoms with E-state index in [1.54, 1.807) is 0 Å². The van der Waals surface area contributed by atoms with Gasteiger partial charge in [0.1, 0.15) is 0 Å². The van der Waals surface area contributed by atoms with E-state index in [2.05, 4.69) is 13.8 Å². The molecule has 0 aromatic heterocycles. The molecule has 0 amide bonds. The standard InChI is InChI=1S/C13H20O2/c1-11(2)8-13(14)10-15-9-12-6-4-3-5-7-12/h3-7,11,13-14H,8-10H2,1-2H3. The summed E-state index contributed by atoms with van der Waals surface area (Å²) in [5.41, 5.74) is 1.15. The van der Waals surface area contributed by atoms with Gasteiger partial charge in [0.15, 0.2) is 0 Å². The predicted octanol–water partition coefficient (Wildman–Crippen LogP) is 2.61. The summed E-state index contributed by atoms with van der Waals surface area (Å²) in [5, 5.41) is 9.57. The van der Waals surface area contributed by atoms with E-state index in [4.69, 9.17) is 4.74 Å². The number of ether oxygens (including phenoxy) is 1. The molecule has 0 spiro atoms. The Morgan fingerprint density at radius 2 is 1.87 bits per heavy atom. The van der Waals surface area contributed by atoms with Crippen LogP contribution in [-0.4, -0.2) is 17.8 Å². The third kappa shape index (κ3) is 5.55. The third-order valence-electron chi connectivity index (χ3n) is 2.17. The molecule has 1 unspecified atom stereocenters. The van der Waals surface area contributed by atoms with E-state index in [1.165, 1.54) is 0 Å². The lowest BCUT2D eigenvalue weighted by Crippen LogP contribution is -2.17.